The van der Waals surface area contributed by atoms with Gasteiger partial charge >= 0.3 is 0 Å². The summed E-state index contributed by atoms with van der Waals surface area (Å²) in [5.41, 5.74) is 3.00. The molecule has 0 spiro atoms. The van der Waals surface area contributed by atoms with Crippen molar-refractivity contribution >= 4 is 11.8 Å². The molecule has 0 aromatic heterocycles. The minimum absolute atomic E-state index is 0.135. The molecule has 29 heavy (non-hydrogen) atoms. The third-order valence-electron chi connectivity index (χ3n) is 4.71. The normalized spacial score (nSPS) is 11.5. The van der Waals surface area contributed by atoms with E-state index in [2.05, 4.69) is 5.32 Å². The Balaban J connectivity index is 2.15. The molecular weight excluding hydrogens is 368 g/mol. The van der Waals surface area contributed by atoms with Gasteiger partial charge in [0, 0.05) is 13.1 Å². The standard InChI is InChI=1S/C23H30N2O4/c1-6-24-23(27)18(4)25(14-19-8-10-20(28-5)11-9-19)22(26)15-29-21-12-7-16(2)13-17(21)3/h7-13,18H,6,14-15H2,1-5H3,(H,24,27)/t18-/m1/s1. The Bertz CT molecular complexity index is 833. The first-order chi connectivity index (χ1) is 13.8. The van der Waals surface area contributed by atoms with Crippen molar-refractivity contribution in [3.05, 3.63) is 59.2 Å². The van der Waals surface area contributed by atoms with Gasteiger partial charge in [-0.1, -0.05) is 29.8 Å². The monoisotopic (exact) mass is 398 g/mol. The second-order valence-electron chi connectivity index (χ2n) is 7.00. The number of hydrogen-bond acceptors (Lipinski definition) is 4. The Hall–Kier alpha value is -3.02. The number of amides is 2. The Labute approximate surface area is 172 Å². The summed E-state index contributed by atoms with van der Waals surface area (Å²) in [4.78, 5) is 26.9. The molecule has 6 nitrogen and oxygen atoms in total. The number of carbonyl (C=O) groups is 2. The lowest BCUT2D eigenvalue weighted by Crippen LogP contribution is -2.49. The van der Waals surface area contributed by atoms with Crippen LogP contribution in [0.4, 0.5) is 0 Å². The molecule has 2 aromatic carbocycles. The van der Waals surface area contributed by atoms with E-state index in [0.717, 1.165) is 22.4 Å². The predicted molar refractivity (Wildman–Crippen MR) is 113 cm³/mol. The minimum Gasteiger partial charge on any atom is -0.497 e. The van der Waals surface area contributed by atoms with Crippen molar-refractivity contribution in [3.8, 4) is 11.5 Å². The summed E-state index contributed by atoms with van der Waals surface area (Å²) in [6.45, 7) is 8.20. The number of benzene rings is 2. The first-order valence-electron chi connectivity index (χ1n) is 9.75. The van der Waals surface area contributed by atoms with Crippen LogP contribution in [0, 0.1) is 13.8 Å². The molecule has 0 aliphatic heterocycles. The molecule has 2 amide bonds. The molecular formula is C23H30N2O4. The van der Waals surface area contributed by atoms with Crippen LogP contribution < -0.4 is 14.8 Å². The van der Waals surface area contributed by atoms with Gasteiger partial charge < -0.3 is 19.7 Å². The van der Waals surface area contributed by atoms with E-state index in [0.29, 0.717) is 18.8 Å². The molecule has 1 N–H and O–H groups in total. The summed E-state index contributed by atoms with van der Waals surface area (Å²) in [5, 5.41) is 2.78. The van der Waals surface area contributed by atoms with Crippen LogP contribution in [0.3, 0.4) is 0 Å². The molecule has 0 heterocycles. The van der Waals surface area contributed by atoms with Crippen LogP contribution in [0.2, 0.25) is 0 Å². The highest BCUT2D eigenvalue weighted by atomic mass is 16.5. The molecule has 0 fully saturated rings. The van der Waals surface area contributed by atoms with Gasteiger partial charge in [-0.05, 0) is 57.0 Å². The van der Waals surface area contributed by atoms with Crippen molar-refractivity contribution in [2.75, 3.05) is 20.3 Å². The molecule has 0 saturated carbocycles. The van der Waals surface area contributed by atoms with Gasteiger partial charge in [0.15, 0.2) is 6.61 Å². The van der Waals surface area contributed by atoms with Crippen LogP contribution in [0.25, 0.3) is 0 Å². The number of hydrogen-bond donors (Lipinski definition) is 1. The summed E-state index contributed by atoms with van der Waals surface area (Å²) in [7, 11) is 1.60. The quantitative estimate of drug-likeness (QED) is 0.704. The molecule has 0 bridgehead atoms. The van der Waals surface area contributed by atoms with E-state index >= 15 is 0 Å². The highest BCUT2D eigenvalue weighted by Crippen LogP contribution is 2.19. The van der Waals surface area contributed by atoms with Crippen molar-refractivity contribution in [2.45, 2.75) is 40.3 Å². The number of aryl methyl sites for hydroxylation is 2. The van der Waals surface area contributed by atoms with Crippen LogP contribution in [0.5, 0.6) is 11.5 Å². The number of nitrogens with zero attached hydrogens (tertiary/aromatic N) is 1. The summed E-state index contributed by atoms with van der Waals surface area (Å²) >= 11 is 0. The molecule has 0 aliphatic rings. The van der Waals surface area contributed by atoms with E-state index in [1.165, 1.54) is 4.90 Å². The Morgan fingerprint density at radius 3 is 2.38 bits per heavy atom. The zero-order valence-electron chi connectivity index (χ0n) is 17.8. The van der Waals surface area contributed by atoms with Crippen molar-refractivity contribution in [1.82, 2.24) is 10.2 Å². The molecule has 1 atom stereocenters. The van der Waals surface area contributed by atoms with Crippen LogP contribution >= 0.6 is 0 Å². The number of ether oxygens (including phenoxy) is 2. The molecule has 6 heteroatoms. The highest BCUT2D eigenvalue weighted by molar-refractivity contribution is 5.87. The first kappa shape index (κ1) is 22.3. The molecule has 2 rings (SSSR count). The second-order valence-corrected chi connectivity index (χ2v) is 7.00. The van der Waals surface area contributed by atoms with Crippen LogP contribution in [0.15, 0.2) is 42.5 Å². The van der Waals surface area contributed by atoms with Crippen LogP contribution in [-0.4, -0.2) is 43.0 Å². The zero-order valence-corrected chi connectivity index (χ0v) is 17.8. The van der Waals surface area contributed by atoms with E-state index in [4.69, 9.17) is 9.47 Å². The second kappa shape index (κ2) is 10.5. The number of rotatable bonds is 9. The minimum atomic E-state index is -0.618. The lowest BCUT2D eigenvalue weighted by molar-refractivity contribution is -0.142. The van der Waals surface area contributed by atoms with Crippen LogP contribution in [0.1, 0.15) is 30.5 Å². The fraction of sp³-hybridized carbons (Fsp3) is 0.391. The zero-order chi connectivity index (χ0) is 21.4. The first-order valence-corrected chi connectivity index (χ1v) is 9.75. The van der Waals surface area contributed by atoms with Gasteiger partial charge in [0.05, 0.1) is 7.11 Å². The Morgan fingerprint density at radius 1 is 1.10 bits per heavy atom. The molecule has 0 aliphatic carbocycles. The number of methoxy groups -OCH3 is 1. The molecule has 0 saturated heterocycles. The van der Waals surface area contributed by atoms with Gasteiger partial charge in [-0.3, -0.25) is 9.59 Å². The van der Waals surface area contributed by atoms with E-state index in [1.807, 2.05) is 63.2 Å². The smallest absolute Gasteiger partial charge is 0.261 e. The van der Waals surface area contributed by atoms with E-state index in [-0.39, 0.29) is 18.4 Å². The summed E-state index contributed by atoms with van der Waals surface area (Å²) in [5.74, 6) is 0.959. The van der Waals surface area contributed by atoms with Crippen molar-refractivity contribution < 1.29 is 19.1 Å². The molecule has 0 unspecified atom stereocenters. The third kappa shape index (κ3) is 6.24. The summed E-state index contributed by atoms with van der Waals surface area (Å²) in [6, 6.07) is 12.6. The maximum atomic E-state index is 13.0. The number of nitrogens with one attached hydrogen (secondary N) is 1. The van der Waals surface area contributed by atoms with Gasteiger partial charge in [-0.15, -0.1) is 0 Å². The third-order valence-corrected chi connectivity index (χ3v) is 4.71. The van der Waals surface area contributed by atoms with Crippen molar-refractivity contribution in [3.63, 3.8) is 0 Å². The van der Waals surface area contributed by atoms with Gasteiger partial charge in [0.1, 0.15) is 17.5 Å². The van der Waals surface area contributed by atoms with E-state index in [1.54, 1.807) is 14.0 Å². The van der Waals surface area contributed by atoms with E-state index in [9.17, 15) is 9.59 Å². The van der Waals surface area contributed by atoms with Crippen molar-refractivity contribution in [2.24, 2.45) is 0 Å². The fourth-order valence-corrected chi connectivity index (χ4v) is 3.02. The largest absolute Gasteiger partial charge is 0.497 e. The average Bonchev–Trinajstić information content (AvgIpc) is 2.71. The molecule has 156 valence electrons. The summed E-state index contributed by atoms with van der Waals surface area (Å²) in [6.07, 6.45) is 0. The Morgan fingerprint density at radius 2 is 1.79 bits per heavy atom. The SMILES string of the molecule is CCNC(=O)[C@@H](C)N(Cc1ccc(OC)cc1)C(=O)COc1ccc(C)cc1C. The maximum Gasteiger partial charge on any atom is 0.261 e. The highest BCUT2D eigenvalue weighted by Gasteiger charge is 2.26. The average molecular weight is 399 g/mol. The molecule has 0 radical (unpaired) electrons. The van der Waals surface area contributed by atoms with Gasteiger partial charge in [-0.25, -0.2) is 0 Å². The van der Waals surface area contributed by atoms with Gasteiger partial charge in [-0.2, -0.15) is 0 Å². The van der Waals surface area contributed by atoms with Gasteiger partial charge in [0.2, 0.25) is 5.91 Å². The molecule has 2 aromatic rings. The summed E-state index contributed by atoms with van der Waals surface area (Å²) < 4.78 is 10.9. The van der Waals surface area contributed by atoms with Crippen molar-refractivity contribution in [1.29, 1.82) is 0 Å². The maximum absolute atomic E-state index is 13.0. The number of carbonyl (C=O) groups excluding carboxylic acids is 2. The Kier molecular flexibility index (Phi) is 8.07. The topological polar surface area (TPSA) is 67.9 Å². The predicted octanol–water partition coefficient (Wildman–Crippen LogP) is 3.24. The number of likely N-dealkylation sites (N-methyl/N-ethyl adjacent to an activating group) is 1. The van der Waals surface area contributed by atoms with Gasteiger partial charge in [0.25, 0.3) is 5.91 Å². The lowest BCUT2D eigenvalue weighted by atomic mass is 10.1. The van der Waals surface area contributed by atoms with E-state index < -0.39 is 6.04 Å². The fourth-order valence-electron chi connectivity index (χ4n) is 3.02. The lowest BCUT2D eigenvalue weighted by Gasteiger charge is -2.28. The van der Waals surface area contributed by atoms with Crippen LogP contribution in [-0.2, 0) is 16.1 Å².